The fourth-order valence-electron chi connectivity index (χ4n) is 2.64. The maximum atomic E-state index is 12.2. The molecule has 3 amide bonds. The Morgan fingerprint density at radius 3 is 2.76 bits per heavy atom. The predicted octanol–water partition coefficient (Wildman–Crippen LogP) is 2.48. The molecule has 1 aliphatic heterocycles. The van der Waals surface area contributed by atoms with Crippen LogP contribution in [0.25, 0.3) is 17.0 Å². The molecule has 1 N–H and O–H groups in total. The fraction of sp³-hybridized carbons (Fsp3) is 0.250. The number of imide groups is 1. The molecule has 0 bridgehead atoms. The van der Waals surface area contributed by atoms with Gasteiger partial charge in [-0.05, 0) is 18.6 Å². The van der Waals surface area contributed by atoms with E-state index in [0.717, 1.165) is 22.9 Å². The molecule has 3 rings (SSSR count). The molecule has 2 aromatic rings. The molecule has 1 saturated heterocycles. The minimum atomic E-state index is -0.340. The van der Waals surface area contributed by atoms with Crippen molar-refractivity contribution >= 4 is 28.9 Å². The van der Waals surface area contributed by atoms with Crippen LogP contribution in [0, 0.1) is 0 Å². The molecule has 0 saturated carbocycles. The van der Waals surface area contributed by atoms with Gasteiger partial charge in [0.15, 0.2) is 0 Å². The molecule has 1 aromatic carbocycles. The molecule has 0 atom stereocenters. The summed E-state index contributed by atoms with van der Waals surface area (Å²) in [6.07, 6.45) is 4.46. The summed E-state index contributed by atoms with van der Waals surface area (Å²) in [6.45, 7) is 2.38. The lowest BCUT2D eigenvalue weighted by Crippen LogP contribution is -2.31. The molecule has 2 heterocycles. The summed E-state index contributed by atoms with van der Waals surface area (Å²) < 4.78 is 2.01. The van der Waals surface area contributed by atoms with E-state index in [1.54, 1.807) is 6.08 Å². The zero-order valence-electron chi connectivity index (χ0n) is 12.1. The highest BCUT2D eigenvalue weighted by Gasteiger charge is 2.32. The molecule has 0 spiro atoms. The van der Waals surface area contributed by atoms with E-state index in [1.807, 2.05) is 49.0 Å². The first-order valence-electron chi connectivity index (χ1n) is 7.00. The normalized spacial score (nSPS) is 17.0. The van der Waals surface area contributed by atoms with Crippen LogP contribution in [0.2, 0.25) is 0 Å². The van der Waals surface area contributed by atoms with Gasteiger partial charge in [-0.15, -0.1) is 0 Å². The third-order valence-electron chi connectivity index (χ3n) is 3.64. The first-order chi connectivity index (χ1) is 10.1. The molecule has 108 valence electrons. The molecule has 5 nitrogen and oxygen atoms in total. The number of hydrogen-bond donors (Lipinski definition) is 1. The maximum Gasteiger partial charge on any atom is 0.329 e. The number of fused-ring (bicyclic) bond motifs is 1. The quantitative estimate of drug-likeness (QED) is 0.695. The van der Waals surface area contributed by atoms with Crippen molar-refractivity contribution in [2.75, 3.05) is 6.54 Å². The van der Waals surface area contributed by atoms with Crippen molar-refractivity contribution in [1.82, 2.24) is 14.8 Å². The van der Waals surface area contributed by atoms with Gasteiger partial charge in [-0.2, -0.15) is 0 Å². The lowest BCUT2D eigenvalue weighted by Gasteiger charge is -2.08. The Morgan fingerprint density at radius 1 is 1.24 bits per heavy atom. The number of nitrogens with one attached hydrogen (secondary N) is 1. The summed E-state index contributed by atoms with van der Waals surface area (Å²) in [5.74, 6) is -0.255. The first-order valence-corrected chi connectivity index (χ1v) is 7.00. The summed E-state index contributed by atoms with van der Waals surface area (Å²) in [6, 6.07) is 7.63. The summed E-state index contributed by atoms with van der Waals surface area (Å²) in [5.41, 5.74) is 2.35. The van der Waals surface area contributed by atoms with Crippen molar-refractivity contribution < 1.29 is 9.59 Å². The third-order valence-corrected chi connectivity index (χ3v) is 3.64. The Kier molecular flexibility index (Phi) is 3.25. The number of aromatic nitrogens is 1. The summed E-state index contributed by atoms with van der Waals surface area (Å²) in [4.78, 5) is 25.3. The highest BCUT2D eigenvalue weighted by Crippen LogP contribution is 2.23. The Hall–Kier alpha value is -2.56. The monoisotopic (exact) mass is 283 g/mol. The van der Waals surface area contributed by atoms with Crippen LogP contribution in [-0.2, 0) is 11.8 Å². The molecule has 5 heteroatoms. The number of carbonyl (C=O) groups is 2. The van der Waals surface area contributed by atoms with Crippen LogP contribution in [0.3, 0.4) is 0 Å². The predicted molar refractivity (Wildman–Crippen MR) is 81.4 cm³/mol. The van der Waals surface area contributed by atoms with Gasteiger partial charge in [0, 0.05) is 36.3 Å². The molecule has 1 aliphatic rings. The summed E-state index contributed by atoms with van der Waals surface area (Å²) in [7, 11) is 1.96. The largest absolute Gasteiger partial charge is 0.350 e. The molecule has 0 radical (unpaired) electrons. The van der Waals surface area contributed by atoms with Crippen molar-refractivity contribution in [2.24, 2.45) is 7.05 Å². The SMILES string of the molecule is CCCN1C(=O)NC(=Cc2cn(C)c3ccccc23)C1=O. The third kappa shape index (κ3) is 2.20. The highest BCUT2D eigenvalue weighted by atomic mass is 16.2. The standard InChI is InChI=1S/C16H17N3O2/c1-3-8-19-15(20)13(17-16(19)21)9-11-10-18(2)14-7-5-4-6-12(11)14/h4-7,9-10H,3,8H2,1-2H3,(H,17,21). The average molecular weight is 283 g/mol. The van der Waals surface area contributed by atoms with Gasteiger partial charge in [0.05, 0.1) is 0 Å². The maximum absolute atomic E-state index is 12.2. The van der Waals surface area contributed by atoms with E-state index >= 15 is 0 Å². The number of aryl methyl sites for hydroxylation is 1. The summed E-state index contributed by atoms with van der Waals surface area (Å²) in [5, 5.41) is 3.71. The van der Waals surface area contributed by atoms with E-state index < -0.39 is 0 Å². The van der Waals surface area contributed by atoms with Crippen molar-refractivity contribution in [2.45, 2.75) is 13.3 Å². The number of urea groups is 1. The lowest BCUT2D eigenvalue weighted by molar-refractivity contribution is -0.122. The van der Waals surface area contributed by atoms with Crippen LogP contribution >= 0.6 is 0 Å². The highest BCUT2D eigenvalue weighted by molar-refractivity contribution is 6.14. The van der Waals surface area contributed by atoms with Crippen LogP contribution in [0.4, 0.5) is 4.79 Å². The van der Waals surface area contributed by atoms with E-state index in [4.69, 9.17) is 0 Å². The van der Waals surface area contributed by atoms with Gasteiger partial charge in [-0.25, -0.2) is 4.79 Å². The molecular weight excluding hydrogens is 266 g/mol. The number of benzene rings is 1. The summed E-state index contributed by atoms with van der Waals surface area (Å²) >= 11 is 0. The van der Waals surface area contributed by atoms with Gasteiger partial charge in [-0.3, -0.25) is 9.69 Å². The molecular formula is C16H17N3O2. The zero-order chi connectivity index (χ0) is 15.0. The minimum Gasteiger partial charge on any atom is -0.350 e. The Bertz CT molecular complexity index is 758. The van der Waals surface area contributed by atoms with Crippen molar-refractivity contribution in [3.63, 3.8) is 0 Å². The topological polar surface area (TPSA) is 54.3 Å². The van der Waals surface area contributed by atoms with Crippen molar-refractivity contribution in [3.05, 3.63) is 41.7 Å². The average Bonchev–Trinajstić information content (AvgIpc) is 2.93. The molecule has 1 aromatic heterocycles. The molecule has 0 aliphatic carbocycles. The molecule has 1 fully saturated rings. The van der Waals surface area contributed by atoms with Gasteiger partial charge in [-0.1, -0.05) is 25.1 Å². The Morgan fingerprint density at radius 2 is 2.00 bits per heavy atom. The number of nitrogens with zero attached hydrogens (tertiary/aromatic N) is 2. The van der Waals surface area contributed by atoms with Gasteiger partial charge in [0.1, 0.15) is 5.70 Å². The van der Waals surface area contributed by atoms with Gasteiger partial charge >= 0.3 is 6.03 Å². The van der Waals surface area contributed by atoms with E-state index in [2.05, 4.69) is 5.32 Å². The van der Waals surface area contributed by atoms with Crippen molar-refractivity contribution in [3.8, 4) is 0 Å². The Balaban J connectivity index is 2.02. The Labute approximate surface area is 122 Å². The molecule has 0 unspecified atom stereocenters. The number of amides is 3. The first kappa shape index (κ1) is 13.4. The van der Waals surface area contributed by atoms with Crippen LogP contribution in [0.1, 0.15) is 18.9 Å². The second-order valence-corrected chi connectivity index (χ2v) is 5.16. The van der Waals surface area contributed by atoms with Crippen molar-refractivity contribution in [1.29, 1.82) is 0 Å². The molecule has 21 heavy (non-hydrogen) atoms. The zero-order valence-corrected chi connectivity index (χ0v) is 12.1. The van der Waals surface area contributed by atoms with Crippen LogP contribution in [0.5, 0.6) is 0 Å². The fourth-order valence-corrected chi connectivity index (χ4v) is 2.64. The second kappa shape index (κ2) is 5.09. The van der Waals surface area contributed by atoms with Gasteiger partial charge in [0.2, 0.25) is 0 Å². The smallest absolute Gasteiger partial charge is 0.329 e. The second-order valence-electron chi connectivity index (χ2n) is 5.16. The number of para-hydroxylation sites is 1. The number of hydrogen-bond acceptors (Lipinski definition) is 2. The van der Waals surface area contributed by atoms with Crippen LogP contribution in [0.15, 0.2) is 36.2 Å². The lowest BCUT2D eigenvalue weighted by atomic mass is 10.1. The van der Waals surface area contributed by atoms with Gasteiger partial charge in [0.25, 0.3) is 5.91 Å². The van der Waals surface area contributed by atoms with E-state index in [-0.39, 0.29) is 11.9 Å². The van der Waals surface area contributed by atoms with Crippen LogP contribution in [-0.4, -0.2) is 28.0 Å². The van der Waals surface area contributed by atoms with Gasteiger partial charge < -0.3 is 9.88 Å². The minimum absolute atomic E-state index is 0.255. The van der Waals surface area contributed by atoms with E-state index in [1.165, 1.54) is 4.90 Å². The number of rotatable bonds is 3. The van der Waals surface area contributed by atoms with E-state index in [0.29, 0.717) is 12.2 Å². The number of carbonyl (C=O) groups excluding carboxylic acids is 2. The van der Waals surface area contributed by atoms with Crippen LogP contribution < -0.4 is 5.32 Å². The van der Waals surface area contributed by atoms with E-state index in [9.17, 15) is 9.59 Å².